The second-order valence-corrected chi connectivity index (χ2v) is 8.53. The topological polar surface area (TPSA) is 98.5 Å². The van der Waals surface area contributed by atoms with Gasteiger partial charge in [-0.15, -0.1) is 0 Å². The zero-order valence-corrected chi connectivity index (χ0v) is 15.8. The van der Waals surface area contributed by atoms with Crippen molar-refractivity contribution >= 4 is 15.7 Å². The molecule has 2 aromatic carbocycles. The van der Waals surface area contributed by atoms with Crippen LogP contribution in [0.3, 0.4) is 0 Å². The molecule has 0 saturated carbocycles. The van der Waals surface area contributed by atoms with Gasteiger partial charge in [0, 0.05) is 18.4 Å². The number of ether oxygens (including phenoxy) is 1. The van der Waals surface area contributed by atoms with Crippen LogP contribution in [0.4, 0.5) is 0 Å². The van der Waals surface area contributed by atoms with Crippen molar-refractivity contribution in [3.63, 3.8) is 0 Å². The van der Waals surface area contributed by atoms with Crippen LogP contribution in [-0.2, 0) is 21.2 Å². The average molecular weight is 376 g/mol. The molecule has 0 bridgehead atoms. The summed E-state index contributed by atoms with van der Waals surface area (Å²) in [4.78, 5) is 12.1. The second-order valence-electron chi connectivity index (χ2n) is 6.27. The van der Waals surface area contributed by atoms with E-state index < -0.39 is 15.9 Å². The molecule has 140 valence electrons. The summed E-state index contributed by atoms with van der Waals surface area (Å²) in [5.41, 5.74) is 7.65. The molecule has 0 radical (unpaired) electrons. The summed E-state index contributed by atoms with van der Waals surface area (Å²) in [7, 11) is -3.14. The van der Waals surface area contributed by atoms with E-state index >= 15 is 0 Å². The summed E-state index contributed by atoms with van der Waals surface area (Å²) in [6.45, 7) is 2.23. The number of rotatable bonds is 8. The first-order valence-corrected chi connectivity index (χ1v) is 10.3. The summed E-state index contributed by atoms with van der Waals surface area (Å²) < 4.78 is 28.3. The summed E-state index contributed by atoms with van der Waals surface area (Å²) in [5.74, 6) is 0.852. The van der Waals surface area contributed by atoms with Crippen LogP contribution in [0, 0.1) is 6.92 Å². The Morgan fingerprint density at radius 3 is 2.62 bits per heavy atom. The van der Waals surface area contributed by atoms with Gasteiger partial charge < -0.3 is 15.8 Å². The lowest BCUT2D eigenvalue weighted by Gasteiger charge is -2.14. The maximum atomic E-state index is 12.1. The maximum absolute atomic E-state index is 12.1. The lowest BCUT2D eigenvalue weighted by atomic mass is 10.1. The molecule has 1 unspecified atom stereocenters. The van der Waals surface area contributed by atoms with Crippen molar-refractivity contribution in [2.24, 2.45) is 5.73 Å². The molecule has 0 saturated heterocycles. The van der Waals surface area contributed by atoms with Gasteiger partial charge in [-0.2, -0.15) is 0 Å². The third-order valence-electron chi connectivity index (χ3n) is 3.78. The minimum absolute atomic E-state index is 0.0894. The first-order valence-electron chi connectivity index (χ1n) is 8.28. The molecule has 0 spiro atoms. The molecule has 6 nitrogen and oxygen atoms in total. The Kier molecular flexibility index (Phi) is 6.76. The summed E-state index contributed by atoms with van der Waals surface area (Å²) in [6, 6.07) is 14.2. The Labute approximate surface area is 154 Å². The molecule has 1 amide bonds. The zero-order chi connectivity index (χ0) is 19.2. The molecular formula is C19H24N2O4S. The van der Waals surface area contributed by atoms with Gasteiger partial charge in [0.2, 0.25) is 5.91 Å². The monoisotopic (exact) mass is 376 g/mol. The molecule has 0 heterocycles. The highest BCUT2D eigenvalue weighted by Crippen LogP contribution is 2.25. The van der Waals surface area contributed by atoms with Gasteiger partial charge in [0.1, 0.15) is 21.3 Å². The van der Waals surface area contributed by atoms with E-state index in [1.807, 2.05) is 55.5 Å². The van der Waals surface area contributed by atoms with E-state index in [2.05, 4.69) is 5.32 Å². The van der Waals surface area contributed by atoms with Crippen LogP contribution in [0.25, 0.3) is 0 Å². The van der Waals surface area contributed by atoms with Crippen LogP contribution in [-0.4, -0.2) is 32.4 Å². The van der Waals surface area contributed by atoms with E-state index in [1.54, 1.807) is 0 Å². The highest BCUT2D eigenvalue weighted by Gasteiger charge is 2.16. The fourth-order valence-electron chi connectivity index (χ4n) is 2.34. The molecular weight excluding hydrogens is 352 g/mol. The molecule has 3 N–H and O–H groups in total. The smallest absolute Gasteiger partial charge is 0.237 e. The number of para-hydroxylation sites is 1. The molecule has 0 aliphatic rings. The number of sulfone groups is 1. The van der Waals surface area contributed by atoms with Gasteiger partial charge in [-0.05, 0) is 37.1 Å². The highest BCUT2D eigenvalue weighted by molar-refractivity contribution is 7.90. The van der Waals surface area contributed by atoms with E-state index in [1.165, 1.54) is 0 Å². The maximum Gasteiger partial charge on any atom is 0.237 e. The van der Waals surface area contributed by atoms with Crippen molar-refractivity contribution < 1.29 is 17.9 Å². The van der Waals surface area contributed by atoms with Gasteiger partial charge in [-0.1, -0.05) is 30.3 Å². The molecule has 26 heavy (non-hydrogen) atoms. The van der Waals surface area contributed by atoms with Crippen molar-refractivity contribution in [3.05, 3.63) is 59.7 Å². The number of benzene rings is 2. The van der Waals surface area contributed by atoms with Crippen LogP contribution >= 0.6 is 0 Å². The molecule has 1 atom stereocenters. The third kappa shape index (κ3) is 6.50. The second kappa shape index (κ2) is 8.82. The lowest BCUT2D eigenvalue weighted by molar-refractivity contribution is -0.122. The van der Waals surface area contributed by atoms with Crippen LogP contribution in [0.15, 0.2) is 48.5 Å². The SMILES string of the molecule is Cc1cccc(Oc2ccccc2CNC(=O)C(N)CCS(C)(=O)=O)c1. The molecule has 2 aromatic rings. The number of carbonyl (C=O) groups is 1. The molecule has 0 aliphatic carbocycles. The Bertz CT molecular complexity index is 865. The van der Waals surface area contributed by atoms with Crippen LogP contribution in [0.5, 0.6) is 11.5 Å². The Morgan fingerprint density at radius 2 is 1.92 bits per heavy atom. The predicted molar refractivity (Wildman–Crippen MR) is 102 cm³/mol. The van der Waals surface area contributed by atoms with Gasteiger partial charge in [0.15, 0.2) is 0 Å². The number of nitrogens with two attached hydrogens (primary N) is 1. The first-order chi connectivity index (χ1) is 12.2. The van der Waals surface area contributed by atoms with Crippen molar-refractivity contribution in [1.82, 2.24) is 5.32 Å². The largest absolute Gasteiger partial charge is 0.457 e. The predicted octanol–water partition coefficient (Wildman–Crippen LogP) is 2.17. The summed E-state index contributed by atoms with van der Waals surface area (Å²) in [5, 5.41) is 2.73. The first kappa shape index (κ1) is 19.9. The van der Waals surface area contributed by atoms with Gasteiger partial charge in [0.25, 0.3) is 0 Å². The minimum atomic E-state index is -3.14. The van der Waals surface area contributed by atoms with E-state index in [0.29, 0.717) is 11.5 Å². The standard InChI is InChI=1S/C19H24N2O4S/c1-14-6-5-8-16(12-14)25-18-9-4-3-7-15(18)13-21-19(22)17(20)10-11-26(2,23)24/h3-9,12,17H,10-11,13,20H2,1-2H3,(H,21,22). The normalized spacial score (nSPS) is 12.4. The lowest BCUT2D eigenvalue weighted by Crippen LogP contribution is -2.41. The minimum Gasteiger partial charge on any atom is -0.457 e. The number of hydrogen-bond donors (Lipinski definition) is 2. The van der Waals surface area contributed by atoms with Gasteiger partial charge >= 0.3 is 0 Å². The molecule has 7 heteroatoms. The van der Waals surface area contributed by atoms with Crippen molar-refractivity contribution in [2.75, 3.05) is 12.0 Å². The number of aryl methyl sites for hydroxylation is 1. The van der Waals surface area contributed by atoms with Crippen LogP contribution in [0.2, 0.25) is 0 Å². The number of amides is 1. The Hall–Kier alpha value is -2.38. The Balaban J connectivity index is 1.98. The molecule has 0 aliphatic heterocycles. The highest BCUT2D eigenvalue weighted by atomic mass is 32.2. The average Bonchev–Trinajstić information content (AvgIpc) is 2.58. The summed E-state index contributed by atoms with van der Waals surface area (Å²) in [6.07, 6.45) is 1.21. The molecule has 0 fully saturated rings. The van der Waals surface area contributed by atoms with Crippen LogP contribution < -0.4 is 15.8 Å². The fourth-order valence-corrected chi connectivity index (χ4v) is 3.02. The van der Waals surface area contributed by atoms with Crippen molar-refractivity contribution in [3.8, 4) is 11.5 Å². The molecule has 0 aromatic heterocycles. The fraction of sp³-hybridized carbons (Fsp3) is 0.316. The number of nitrogens with one attached hydrogen (secondary N) is 1. The zero-order valence-electron chi connectivity index (χ0n) is 14.9. The van der Waals surface area contributed by atoms with Crippen molar-refractivity contribution in [2.45, 2.75) is 25.9 Å². The van der Waals surface area contributed by atoms with Gasteiger partial charge in [0.05, 0.1) is 11.8 Å². The number of hydrogen-bond acceptors (Lipinski definition) is 5. The van der Waals surface area contributed by atoms with Gasteiger partial charge in [-0.3, -0.25) is 4.79 Å². The quantitative estimate of drug-likeness (QED) is 0.736. The van der Waals surface area contributed by atoms with E-state index in [4.69, 9.17) is 10.5 Å². The molecule has 2 rings (SSSR count). The van der Waals surface area contributed by atoms with E-state index in [-0.39, 0.29) is 24.6 Å². The van der Waals surface area contributed by atoms with Gasteiger partial charge in [-0.25, -0.2) is 8.42 Å². The Morgan fingerprint density at radius 1 is 1.19 bits per heavy atom. The van der Waals surface area contributed by atoms with E-state index in [9.17, 15) is 13.2 Å². The van der Waals surface area contributed by atoms with Crippen LogP contribution in [0.1, 0.15) is 17.5 Å². The van der Waals surface area contributed by atoms with Crippen molar-refractivity contribution in [1.29, 1.82) is 0 Å². The summed E-state index contributed by atoms with van der Waals surface area (Å²) >= 11 is 0. The third-order valence-corrected chi connectivity index (χ3v) is 4.76. The van der Waals surface area contributed by atoms with E-state index in [0.717, 1.165) is 17.4 Å². The number of carbonyl (C=O) groups excluding carboxylic acids is 1.